The fourth-order valence-electron chi connectivity index (χ4n) is 3.41. The monoisotopic (exact) mass is 554 g/mol. The Morgan fingerprint density at radius 1 is 1.03 bits per heavy atom. The molecule has 0 fully saturated rings. The van der Waals surface area contributed by atoms with Crippen molar-refractivity contribution in [2.24, 2.45) is 5.10 Å². The van der Waals surface area contributed by atoms with Gasteiger partial charge in [-0.25, -0.2) is 9.82 Å². The Morgan fingerprint density at radius 2 is 1.81 bits per heavy atom. The molecule has 7 nitrogen and oxygen atoms in total. The quantitative estimate of drug-likeness (QED) is 0.179. The van der Waals surface area contributed by atoms with E-state index in [4.69, 9.17) is 18.6 Å². The molecule has 1 aromatic heterocycles. The number of hydrogen-bond donors (Lipinski definition) is 1. The number of carbonyl (C=O) groups excluding carboxylic acids is 1. The van der Waals surface area contributed by atoms with Crippen LogP contribution in [0.4, 0.5) is 4.39 Å². The van der Waals surface area contributed by atoms with E-state index in [-0.39, 0.29) is 18.2 Å². The zero-order valence-electron chi connectivity index (χ0n) is 19.7. The lowest BCUT2D eigenvalue weighted by Gasteiger charge is -2.14. The number of benzene rings is 3. The summed E-state index contributed by atoms with van der Waals surface area (Å²) < 4.78 is 36.5. The zero-order valence-corrected chi connectivity index (χ0v) is 21.3. The van der Waals surface area contributed by atoms with Crippen LogP contribution in [0.15, 0.2) is 74.7 Å². The Morgan fingerprint density at radius 3 is 2.56 bits per heavy atom. The predicted molar refractivity (Wildman–Crippen MR) is 138 cm³/mol. The van der Waals surface area contributed by atoms with Crippen molar-refractivity contribution in [2.75, 3.05) is 13.2 Å². The smallest absolute Gasteiger partial charge is 0.307 e. The average molecular weight is 555 g/mol. The number of hydrogen-bond acceptors (Lipinski definition) is 6. The van der Waals surface area contributed by atoms with Crippen molar-refractivity contribution < 1.29 is 27.8 Å². The Bertz CT molecular complexity index is 1390. The van der Waals surface area contributed by atoms with Gasteiger partial charge < -0.3 is 18.6 Å². The first kappa shape index (κ1) is 25.2. The van der Waals surface area contributed by atoms with Gasteiger partial charge in [-0.3, -0.25) is 4.79 Å². The minimum Gasteiger partial charge on any atom is -0.494 e. The third-order valence-corrected chi connectivity index (χ3v) is 5.62. The van der Waals surface area contributed by atoms with Gasteiger partial charge in [0.05, 0.1) is 23.9 Å². The number of furan rings is 1. The van der Waals surface area contributed by atoms with Crippen molar-refractivity contribution in [3.05, 3.63) is 87.8 Å². The maximum Gasteiger partial charge on any atom is 0.307 e. The number of nitrogens with one attached hydrogen (secondary N) is 1. The number of amides is 1. The van der Waals surface area contributed by atoms with Gasteiger partial charge in [0.1, 0.15) is 23.8 Å². The number of rotatable bonds is 10. The van der Waals surface area contributed by atoms with Crippen LogP contribution in [0.1, 0.15) is 35.5 Å². The summed E-state index contributed by atoms with van der Waals surface area (Å²) in [4.78, 5) is 12.5. The van der Waals surface area contributed by atoms with Crippen LogP contribution < -0.4 is 19.6 Å². The number of carbonyl (C=O) groups is 1. The van der Waals surface area contributed by atoms with Crippen molar-refractivity contribution in [3.8, 4) is 17.2 Å². The highest BCUT2D eigenvalue weighted by Crippen LogP contribution is 2.37. The molecule has 0 unspecified atom stereocenters. The van der Waals surface area contributed by atoms with Crippen molar-refractivity contribution in [2.45, 2.75) is 20.5 Å². The van der Waals surface area contributed by atoms with Gasteiger partial charge in [0.25, 0.3) is 0 Å². The SMILES string of the molecule is CCOc1ccc2oc(C(=O)N/N=C\c3cc(Br)c(OCc4ccc(F)cc4)c(OCC)c3)cc2c1. The summed E-state index contributed by atoms with van der Waals surface area (Å²) in [6, 6.07) is 16.6. The van der Waals surface area contributed by atoms with Gasteiger partial charge in [0, 0.05) is 5.39 Å². The Labute approximate surface area is 216 Å². The van der Waals surface area contributed by atoms with E-state index < -0.39 is 5.91 Å². The van der Waals surface area contributed by atoms with Crippen molar-refractivity contribution in [3.63, 3.8) is 0 Å². The Hall–Kier alpha value is -3.85. The largest absolute Gasteiger partial charge is 0.494 e. The molecular weight excluding hydrogens is 531 g/mol. The second-order valence-electron chi connectivity index (χ2n) is 7.62. The Kier molecular flexibility index (Phi) is 8.22. The van der Waals surface area contributed by atoms with Crippen LogP contribution in [0.25, 0.3) is 11.0 Å². The van der Waals surface area contributed by atoms with Crippen LogP contribution in [0, 0.1) is 5.82 Å². The van der Waals surface area contributed by atoms with E-state index in [0.717, 1.165) is 10.9 Å². The molecule has 4 rings (SSSR count). The molecule has 0 bridgehead atoms. The number of fused-ring (bicyclic) bond motifs is 1. The number of nitrogens with zero attached hydrogens (tertiary/aromatic N) is 1. The van der Waals surface area contributed by atoms with Crippen molar-refractivity contribution >= 4 is 39.0 Å². The van der Waals surface area contributed by atoms with Gasteiger partial charge >= 0.3 is 5.91 Å². The molecule has 186 valence electrons. The van der Waals surface area contributed by atoms with Crippen LogP contribution >= 0.6 is 15.9 Å². The van der Waals surface area contributed by atoms with Gasteiger partial charge in [-0.05, 0) is 89.4 Å². The maximum atomic E-state index is 13.1. The summed E-state index contributed by atoms with van der Waals surface area (Å²) in [6.45, 7) is 4.98. The molecule has 36 heavy (non-hydrogen) atoms. The summed E-state index contributed by atoms with van der Waals surface area (Å²) in [5.74, 6) is 1.07. The van der Waals surface area contributed by atoms with Crippen LogP contribution in [0.2, 0.25) is 0 Å². The molecule has 0 radical (unpaired) electrons. The third-order valence-electron chi connectivity index (χ3n) is 5.03. The second kappa shape index (κ2) is 11.7. The van der Waals surface area contributed by atoms with Gasteiger partial charge in [-0.15, -0.1) is 0 Å². The lowest BCUT2D eigenvalue weighted by molar-refractivity contribution is 0.0929. The molecular formula is C27H24BrFN2O5. The Balaban J connectivity index is 1.44. The molecule has 0 aliphatic rings. The van der Waals surface area contributed by atoms with Gasteiger partial charge in [0.15, 0.2) is 17.3 Å². The molecule has 0 atom stereocenters. The maximum absolute atomic E-state index is 13.1. The summed E-state index contributed by atoms with van der Waals surface area (Å²) in [5.41, 5.74) is 4.54. The summed E-state index contributed by atoms with van der Waals surface area (Å²) in [6.07, 6.45) is 1.49. The van der Waals surface area contributed by atoms with E-state index in [1.807, 2.05) is 19.9 Å². The number of halogens is 2. The third kappa shape index (κ3) is 6.23. The molecule has 0 spiro atoms. The van der Waals surface area contributed by atoms with Gasteiger partial charge in [0.2, 0.25) is 0 Å². The molecule has 0 saturated carbocycles. The second-order valence-corrected chi connectivity index (χ2v) is 8.47. The summed E-state index contributed by atoms with van der Waals surface area (Å²) in [5, 5.41) is 4.81. The van der Waals surface area contributed by atoms with Crippen LogP contribution in [-0.2, 0) is 6.61 Å². The highest BCUT2D eigenvalue weighted by atomic mass is 79.9. The molecule has 1 heterocycles. The van der Waals surface area contributed by atoms with Crippen molar-refractivity contribution in [1.82, 2.24) is 5.43 Å². The highest BCUT2D eigenvalue weighted by molar-refractivity contribution is 9.10. The molecule has 1 N–H and O–H groups in total. The topological polar surface area (TPSA) is 82.3 Å². The minimum atomic E-state index is -0.483. The number of ether oxygens (including phenoxy) is 3. The van der Waals surface area contributed by atoms with E-state index in [0.29, 0.717) is 46.1 Å². The van der Waals surface area contributed by atoms with Crippen LogP contribution in [0.3, 0.4) is 0 Å². The standard InChI is InChI=1S/C27H24BrFN2O5/c1-3-33-21-9-10-23-19(13-21)14-25(36-23)27(32)31-30-15-18-11-22(28)26(24(12-18)34-4-2)35-16-17-5-7-20(29)8-6-17/h5-15H,3-4,16H2,1-2H3,(H,31,32)/b30-15-. The molecule has 4 aromatic rings. The average Bonchev–Trinajstić information content (AvgIpc) is 3.29. The molecule has 1 amide bonds. The lowest BCUT2D eigenvalue weighted by Crippen LogP contribution is -2.16. The summed E-state index contributed by atoms with van der Waals surface area (Å²) in [7, 11) is 0. The molecule has 0 aliphatic heterocycles. The summed E-state index contributed by atoms with van der Waals surface area (Å²) >= 11 is 3.51. The van der Waals surface area contributed by atoms with E-state index in [9.17, 15) is 9.18 Å². The fraction of sp³-hybridized carbons (Fsp3) is 0.185. The van der Waals surface area contributed by atoms with Crippen LogP contribution in [-0.4, -0.2) is 25.3 Å². The number of hydrazone groups is 1. The van der Waals surface area contributed by atoms with E-state index in [1.54, 1.807) is 42.5 Å². The molecule has 3 aromatic carbocycles. The zero-order chi connectivity index (χ0) is 25.5. The van der Waals surface area contributed by atoms with E-state index in [1.165, 1.54) is 18.3 Å². The normalized spacial score (nSPS) is 11.1. The van der Waals surface area contributed by atoms with Gasteiger partial charge in [-0.1, -0.05) is 12.1 Å². The first-order chi connectivity index (χ1) is 17.5. The van der Waals surface area contributed by atoms with Crippen LogP contribution in [0.5, 0.6) is 17.2 Å². The first-order valence-corrected chi connectivity index (χ1v) is 12.1. The lowest BCUT2D eigenvalue weighted by atomic mass is 10.2. The van der Waals surface area contributed by atoms with E-state index >= 15 is 0 Å². The molecule has 0 aliphatic carbocycles. The first-order valence-electron chi connectivity index (χ1n) is 11.3. The van der Waals surface area contributed by atoms with Gasteiger partial charge in [-0.2, -0.15) is 5.10 Å². The predicted octanol–water partition coefficient (Wildman–Crippen LogP) is 6.47. The molecule has 0 saturated heterocycles. The van der Waals surface area contributed by atoms with Crippen molar-refractivity contribution in [1.29, 1.82) is 0 Å². The highest BCUT2D eigenvalue weighted by Gasteiger charge is 2.14. The van der Waals surface area contributed by atoms with E-state index in [2.05, 4.69) is 26.5 Å². The molecule has 9 heteroatoms. The fourth-order valence-corrected chi connectivity index (χ4v) is 3.99. The minimum absolute atomic E-state index is 0.136.